The first-order chi connectivity index (χ1) is 13.4. The summed E-state index contributed by atoms with van der Waals surface area (Å²) in [5.41, 5.74) is 1.57. The molecular formula is C20H19ClN2O5. The van der Waals surface area contributed by atoms with Crippen molar-refractivity contribution in [1.82, 2.24) is 4.90 Å². The largest absolute Gasteiger partial charge is 0.495 e. The molecule has 0 aliphatic carbocycles. The van der Waals surface area contributed by atoms with E-state index < -0.39 is 18.0 Å². The van der Waals surface area contributed by atoms with Crippen LogP contribution in [0.2, 0.25) is 5.02 Å². The number of nitrogens with one attached hydrogen (secondary N) is 1. The molecule has 1 aliphatic heterocycles. The molecule has 0 unspecified atom stereocenters. The number of carbonyl (C=O) groups excluding carboxylic acids is 3. The highest BCUT2D eigenvalue weighted by Crippen LogP contribution is 2.33. The molecule has 1 aliphatic rings. The lowest BCUT2D eigenvalue weighted by Gasteiger charge is -2.19. The Kier molecular flexibility index (Phi) is 5.84. The van der Waals surface area contributed by atoms with Crippen molar-refractivity contribution >= 4 is 35.1 Å². The SMILES string of the molecule is COc1ccc(Cl)cc1NC(=O)CN(C)C(=O)C[C@H]1OC(=O)c2ccccc21. The lowest BCUT2D eigenvalue weighted by atomic mass is 10.0. The van der Waals surface area contributed by atoms with Crippen molar-refractivity contribution in [3.8, 4) is 5.75 Å². The highest BCUT2D eigenvalue weighted by Gasteiger charge is 2.33. The lowest BCUT2D eigenvalue weighted by molar-refractivity contribution is -0.135. The molecule has 0 fully saturated rings. The fourth-order valence-corrected chi connectivity index (χ4v) is 3.13. The molecule has 1 atom stereocenters. The van der Waals surface area contributed by atoms with E-state index >= 15 is 0 Å². The van der Waals surface area contributed by atoms with E-state index in [9.17, 15) is 14.4 Å². The van der Waals surface area contributed by atoms with Crippen molar-refractivity contribution in [3.63, 3.8) is 0 Å². The van der Waals surface area contributed by atoms with Crippen molar-refractivity contribution in [1.29, 1.82) is 0 Å². The average molecular weight is 403 g/mol. The number of likely N-dealkylation sites (N-methyl/N-ethyl adjacent to an activating group) is 1. The van der Waals surface area contributed by atoms with Gasteiger partial charge in [0.2, 0.25) is 11.8 Å². The second kappa shape index (κ2) is 8.31. The number of cyclic esters (lactones) is 1. The molecule has 2 aromatic rings. The molecule has 0 saturated heterocycles. The van der Waals surface area contributed by atoms with E-state index in [0.717, 1.165) is 0 Å². The quantitative estimate of drug-likeness (QED) is 0.750. The Hall–Kier alpha value is -3.06. The Morgan fingerprint density at radius 3 is 2.75 bits per heavy atom. The molecule has 2 amide bonds. The molecule has 3 rings (SSSR count). The first kappa shape index (κ1) is 19.7. The summed E-state index contributed by atoms with van der Waals surface area (Å²) in [7, 11) is 3.00. The number of esters is 1. The Labute approximate surface area is 167 Å². The number of nitrogens with zero attached hydrogens (tertiary/aromatic N) is 1. The Morgan fingerprint density at radius 2 is 2.00 bits per heavy atom. The number of methoxy groups -OCH3 is 1. The van der Waals surface area contributed by atoms with Crippen LogP contribution in [0.4, 0.5) is 5.69 Å². The number of anilines is 1. The summed E-state index contributed by atoms with van der Waals surface area (Å²) >= 11 is 5.95. The van der Waals surface area contributed by atoms with E-state index in [2.05, 4.69) is 5.32 Å². The summed E-state index contributed by atoms with van der Waals surface area (Å²) in [5, 5.41) is 3.12. The van der Waals surface area contributed by atoms with Crippen LogP contribution in [0.25, 0.3) is 0 Å². The molecule has 1 heterocycles. The number of hydrogen-bond acceptors (Lipinski definition) is 5. The van der Waals surface area contributed by atoms with Gasteiger partial charge in [0.05, 0.1) is 31.3 Å². The number of fused-ring (bicyclic) bond motifs is 1. The molecule has 7 nitrogen and oxygen atoms in total. The summed E-state index contributed by atoms with van der Waals surface area (Å²) in [6, 6.07) is 11.8. The van der Waals surface area contributed by atoms with E-state index in [4.69, 9.17) is 21.1 Å². The maximum atomic E-state index is 12.5. The third-order valence-electron chi connectivity index (χ3n) is 4.38. The van der Waals surface area contributed by atoms with Crippen LogP contribution in [0.5, 0.6) is 5.75 Å². The van der Waals surface area contributed by atoms with Crippen LogP contribution >= 0.6 is 11.6 Å². The van der Waals surface area contributed by atoms with Crippen LogP contribution in [-0.2, 0) is 14.3 Å². The van der Waals surface area contributed by atoms with Gasteiger partial charge in [-0.05, 0) is 24.3 Å². The standard InChI is InChI=1S/C20H19ClN2O5/c1-23(11-18(24)22-15-9-12(21)7-8-16(15)27-2)19(25)10-17-13-5-3-4-6-14(13)20(26)28-17/h3-9,17H,10-11H2,1-2H3,(H,22,24)/t17-/m1/s1. The third-order valence-corrected chi connectivity index (χ3v) is 4.61. The minimum Gasteiger partial charge on any atom is -0.495 e. The zero-order valence-electron chi connectivity index (χ0n) is 15.4. The maximum absolute atomic E-state index is 12.5. The number of hydrogen-bond donors (Lipinski definition) is 1. The van der Waals surface area contributed by atoms with Gasteiger partial charge >= 0.3 is 5.97 Å². The van der Waals surface area contributed by atoms with Crippen molar-refractivity contribution in [2.24, 2.45) is 0 Å². The van der Waals surface area contributed by atoms with E-state index in [1.165, 1.54) is 19.1 Å². The summed E-state index contributed by atoms with van der Waals surface area (Å²) in [6.07, 6.45) is -0.678. The second-order valence-electron chi connectivity index (χ2n) is 6.33. The minimum atomic E-state index is -0.644. The highest BCUT2D eigenvalue weighted by molar-refractivity contribution is 6.31. The fraction of sp³-hybridized carbons (Fsp3) is 0.250. The molecule has 0 spiro atoms. The van der Waals surface area contributed by atoms with Crippen LogP contribution in [0.3, 0.4) is 0 Å². The average Bonchev–Trinajstić information content (AvgIpc) is 2.98. The van der Waals surface area contributed by atoms with Gasteiger partial charge in [-0.1, -0.05) is 29.8 Å². The van der Waals surface area contributed by atoms with Crippen molar-refractivity contribution in [2.75, 3.05) is 26.0 Å². The molecular weight excluding hydrogens is 384 g/mol. The molecule has 0 radical (unpaired) electrons. The second-order valence-corrected chi connectivity index (χ2v) is 6.76. The number of carbonyl (C=O) groups is 3. The summed E-state index contributed by atoms with van der Waals surface area (Å²) < 4.78 is 10.5. The van der Waals surface area contributed by atoms with Crippen molar-refractivity contribution in [2.45, 2.75) is 12.5 Å². The van der Waals surface area contributed by atoms with Crippen LogP contribution < -0.4 is 10.1 Å². The van der Waals surface area contributed by atoms with Gasteiger partial charge in [0.15, 0.2) is 0 Å². The number of halogens is 1. The number of ether oxygens (including phenoxy) is 2. The van der Waals surface area contributed by atoms with Crippen molar-refractivity contribution in [3.05, 3.63) is 58.6 Å². The number of amides is 2. The number of rotatable bonds is 6. The van der Waals surface area contributed by atoms with Crippen LogP contribution in [0, 0.1) is 0 Å². The molecule has 1 N–H and O–H groups in total. The van der Waals surface area contributed by atoms with Gasteiger partial charge in [-0.2, -0.15) is 0 Å². The summed E-state index contributed by atoms with van der Waals surface area (Å²) in [5.74, 6) is -0.703. The molecule has 8 heteroatoms. The molecule has 146 valence electrons. The first-order valence-electron chi connectivity index (χ1n) is 8.56. The van der Waals surface area contributed by atoms with E-state index in [0.29, 0.717) is 27.6 Å². The Morgan fingerprint density at radius 1 is 1.25 bits per heavy atom. The molecule has 0 bridgehead atoms. The van der Waals surface area contributed by atoms with Gasteiger partial charge in [-0.25, -0.2) is 4.79 Å². The monoisotopic (exact) mass is 402 g/mol. The van der Waals surface area contributed by atoms with Gasteiger partial charge in [0, 0.05) is 17.6 Å². The zero-order chi connectivity index (χ0) is 20.3. The molecule has 28 heavy (non-hydrogen) atoms. The van der Waals surface area contributed by atoms with Gasteiger partial charge in [-0.3, -0.25) is 9.59 Å². The predicted molar refractivity (Wildman–Crippen MR) is 103 cm³/mol. The van der Waals surface area contributed by atoms with Gasteiger partial charge in [0.25, 0.3) is 0 Å². The van der Waals surface area contributed by atoms with Crippen molar-refractivity contribution < 1.29 is 23.9 Å². The minimum absolute atomic E-state index is 0.0347. The Balaban J connectivity index is 1.60. The highest BCUT2D eigenvalue weighted by atomic mass is 35.5. The summed E-state index contributed by atoms with van der Waals surface area (Å²) in [6.45, 7) is -0.170. The van der Waals surface area contributed by atoms with Crippen LogP contribution in [0.15, 0.2) is 42.5 Å². The molecule has 2 aromatic carbocycles. The Bertz CT molecular complexity index is 931. The van der Waals surface area contributed by atoms with E-state index in [1.807, 2.05) is 0 Å². The van der Waals surface area contributed by atoms with Crippen LogP contribution in [0.1, 0.15) is 28.4 Å². The predicted octanol–water partition coefficient (Wildman–Crippen LogP) is 3.05. The van der Waals surface area contributed by atoms with E-state index in [1.54, 1.807) is 42.5 Å². The first-order valence-corrected chi connectivity index (χ1v) is 8.94. The van der Waals surface area contributed by atoms with Gasteiger partial charge in [-0.15, -0.1) is 0 Å². The number of benzene rings is 2. The topological polar surface area (TPSA) is 84.9 Å². The molecule has 0 aromatic heterocycles. The summed E-state index contributed by atoms with van der Waals surface area (Å²) in [4.78, 5) is 37.9. The maximum Gasteiger partial charge on any atom is 0.339 e. The molecule has 0 saturated carbocycles. The normalized spacial score (nSPS) is 14.8. The fourth-order valence-electron chi connectivity index (χ4n) is 2.96. The van der Waals surface area contributed by atoms with Gasteiger partial charge < -0.3 is 19.7 Å². The zero-order valence-corrected chi connectivity index (χ0v) is 16.2. The third kappa shape index (κ3) is 4.26. The smallest absolute Gasteiger partial charge is 0.339 e. The van der Waals surface area contributed by atoms with E-state index in [-0.39, 0.29) is 18.9 Å². The van der Waals surface area contributed by atoms with Crippen LogP contribution in [-0.4, -0.2) is 43.4 Å². The van der Waals surface area contributed by atoms with Gasteiger partial charge in [0.1, 0.15) is 11.9 Å². The lowest BCUT2D eigenvalue weighted by Crippen LogP contribution is -2.35.